The molecule has 1 rings (SSSR count). The van der Waals surface area contributed by atoms with Gasteiger partial charge in [0.25, 0.3) is 0 Å². The van der Waals surface area contributed by atoms with E-state index in [-0.39, 0.29) is 5.97 Å². The molecule has 16 heavy (non-hydrogen) atoms. The van der Waals surface area contributed by atoms with Crippen molar-refractivity contribution in [3.8, 4) is 0 Å². The van der Waals surface area contributed by atoms with Gasteiger partial charge in [0.15, 0.2) is 0 Å². The van der Waals surface area contributed by atoms with Gasteiger partial charge in [0, 0.05) is 6.08 Å². The zero-order chi connectivity index (χ0) is 11.8. The minimum Gasteiger partial charge on any atom is -0.466 e. The molecule has 1 aromatic carbocycles. The van der Waals surface area contributed by atoms with Crippen molar-refractivity contribution in [3.05, 3.63) is 42.0 Å². The second-order valence-electron chi connectivity index (χ2n) is 3.27. The summed E-state index contributed by atoms with van der Waals surface area (Å²) < 4.78 is 4.97. The lowest BCUT2D eigenvalue weighted by Crippen LogP contribution is -2.15. The van der Waals surface area contributed by atoms with Gasteiger partial charge in [-0.25, -0.2) is 4.79 Å². The Kier molecular flexibility index (Phi) is 5.03. The van der Waals surface area contributed by atoms with E-state index in [2.05, 4.69) is 0 Å². The molecule has 0 N–H and O–H groups in total. The molecule has 0 aliphatic carbocycles. The summed E-state index contributed by atoms with van der Waals surface area (Å²) in [5, 5.41) is 0. The fourth-order valence-electron chi connectivity index (χ4n) is 1.46. The first-order valence-corrected chi connectivity index (χ1v) is 5.20. The van der Waals surface area contributed by atoms with Gasteiger partial charge < -0.3 is 4.74 Å². The number of ether oxygens (including phenoxy) is 1. The average Bonchev–Trinajstić information content (AvgIpc) is 2.31. The van der Waals surface area contributed by atoms with E-state index in [1.807, 2.05) is 30.3 Å². The van der Waals surface area contributed by atoms with Crippen molar-refractivity contribution >= 4 is 11.9 Å². The lowest BCUT2D eigenvalue weighted by Gasteiger charge is -2.13. The summed E-state index contributed by atoms with van der Waals surface area (Å²) in [5.41, 5.74) is 0.854. The Morgan fingerprint density at radius 3 is 2.69 bits per heavy atom. The van der Waals surface area contributed by atoms with Crippen molar-refractivity contribution in [1.29, 1.82) is 0 Å². The van der Waals surface area contributed by atoms with Crippen LogP contribution in [-0.4, -0.2) is 18.5 Å². The van der Waals surface area contributed by atoms with Crippen LogP contribution in [0.3, 0.4) is 0 Å². The quantitative estimate of drug-likeness (QED) is 0.561. The number of esters is 1. The van der Waals surface area contributed by atoms with E-state index in [0.717, 1.165) is 5.56 Å². The maximum atomic E-state index is 11.7. The normalized spacial score (nSPS) is 11.3. The van der Waals surface area contributed by atoms with E-state index >= 15 is 0 Å². The first-order valence-electron chi connectivity index (χ1n) is 5.20. The van der Waals surface area contributed by atoms with E-state index < -0.39 is 5.92 Å². The third kappa shape index (κ3) is 3.37. The SMILES string of the molecule is CCOC(=O)C(CC=C=O)c1ccccc1. The molecule has 84 valence electrons. The zero-order valence-electron chi connectivity index (χ0n) is 9.18. The van der Waals surface area contributed by atoms with Crippen LogP contribution in [0.5, 0.6) is 0 Å². The van der Waals surface area contributed by atoms with Crippen LogP contribution in [0, 0.1) is 0 Å². The summed E-state index contributed by atoms with van der Waals surface area (Å²) >= 11 is 0. The number of rotatable bonds is 5. The molecule has 3 heteroatoms. The maximum Gasteiger partial charge on any atom is 0.313 e. The van der Waals surface area contributed by atoms with Gasteiger partial charge in [-0.1, -0.05) is 30.3 Å². The van der Waals surface area contributed by atoms with Crippen LogP contribution in [0.15, 0.2) is 36.4 Å². The first-order chi connectivity index (χ1) is 7.79. The molecule has 1 aromatic rings. The van der Waals surface area contributed by atoms with Crippen molar-refractivity contribution in [2.45, 2.75) is 19.3 Å². The van der Waals surface area contributed by atoms with Gasteiger partial charge in [0.1, 0.15) is 5.94 Å². The Hall–Kier alpha value is -1.86. The Morgan fingerprint density at radius 2 is 2.12 bits per heavy atom. The summed E-state index contributed by atoms with van der Waals surface area (Å²) in [5.74, 6) is 0.963. The van der Waals surface area contributed by atoms with Gasteiger partial charge in [-0.3, -0.25) is 4.79 Å². The van der Waals surface area contributed by atoms with Gasteiger partial charge in [-0.2, -0.15) is 0 Å². The van der Waals surface area contributed by atoms with Gasteiger partial charge in [-0.05, 0) is 18.9 Å². The topological polar surface area (TPSA) is 43.4 Å². The third-order valence-corrected chi connectivity index (χ3v) is 2.21. The van der Waals surface area contributed by atoms with Gasteiger partial charge in [0.05, 0.1) is 12.5 Å². The highest BCUT2D eigenvalue weighted by atomic mass is 16.5. The van der Waals surface area contributed by atoms with Crippen LogP contribution in [0.1, 0.15) is 24.8 Å². The summed E-state index contributed by atoms with van der Waals surface area (Å²) in [6.45, 7) is 2.10. The molecule has 1 unspecified atom stereocenters. The molecule has 0 bridgehead atoms. The number of benzene rings is 1. The zero-order valence-corrected chi connectivity index (χ0v) is 9.18. The van der Waals surface area contributed by atoms with Gasteiger partial charge in [-0.15, -0.1) is 0 Å². The molecule has 0 heterocycles. The summed E-state index contributed by atoms with van der Waals surface area (Å²) in [6.07, 6.45) is 1.64. The van der Waals surface area contributed by atoms with Crippen LogP contribution in [-0.2, 0) is 14.3 Å². The fourth-order valence-corrected chi connectivity index (χ4v) is 1.46. The van der Waals surface area contributed by atoms with Crippen molar-refractivity contribution in [1.82, 2.24) is 0 Å². The van der Waals surface area contributed by atoms with E-state index in [1.165, 1.54) is 6.08 Å². The fraction of sp³-hybridized carbons (Fsp3) is 0.308. The molecule has 0 amide bonds. The molecular weight excluding hydrogens is 204 g/mol. The molecule has 0 radical (unpaired) electrons. The Bertz CT molecular complexity index is 377. The van der Waals surface area contributed by atoms with Crippen molar-refractivity contribution in [3.63, 3.8) is 0 Å². The standard InChI is InChI=1S/C13H14O3/c1-2-16-13(15)12(9-6-10-14)11-7-4-3-5-8-11/h3-8,12H,2,9H2,1H3. The van der Waals surface area contributed by atoms with Crippen LogP contribution in [0.2, 0.25) is 0 Å². The summed E-state index contributed by atoms with van der Waals surface area (Å²) in [6, 6.07) is 9.28. The molecule has 0 aromatic heterocycles. The maximum absolute atomic E-state index is 11.7. The van der Waals surface area contributed by atoms with Crippen LogP contribution >= 0.6 is 0 Å². The molecule has 3 nitrogen and oxygen atoms in total. The Morgan fingerprint density at radius 1 is 1.44 bits per heavy atom. The molecule has 0 aliphatic rings. The van der Waals surface area contributed by atoms with E-state index in [9.17, 15) is 9.59 Å². The smallest absolute Gasteiger partial charge is 0.313 e. The van der Waals surface area contributed by atoms with E-state index in [1.54, 1.807) is 12.9 Å². The highest BCUT2D eigenvalue weighted by Crippen LogP contribution is 2.21. The average molecular weight is 218 g/mol. The van der Waals surface area contributed by atoms with Crippen molar-refractivity contribution < 1.29 is 14.3 Å². The first kappa shape index (κ1) is 12.2. The largest absolute Gasteiger partial charge is 0.466 e. The molecule has 0 aliphatic heterocycles. The number of allylic oxidation sites excluding steroid dienone is 1. The number of hydrogen-bond acceptors (Lipinski definition) is 3. The predicted molar refractivity (Wildman–Crippen MR) is 60.7 cm³/mol. The summed E-state index contributed by atoms with van der Waals surface area (Å²) in [7, 11) is 0. The summed E-state index contributed by atoms with van der Waals surface area (Å²) in [4.78, 5) is 21.9. The monoisotopic (exact) mass is 218 g/mol. The highest BCUT2D eigenvalue weighted by Gasteiger charge is 2.20. The van der Waals surface area contributed by atoms with E-state index in [0.29, 0.717) is 13.0 Å². The molecule has 0 fully saturated rings. The minimum absolute atomic E-state index is 0.305. The second kappa shape index (κ2) is 6.59. The molecule has 0 spiro atoms. The molecule has 0 saturated carbocycles. The Labute approximate surface area is 94.7 Å². The lowest BCUT2D eigenvalue weighted by molar-refractivity contribution is -0.144. The lowest BCUT2D eigenvalue weighted by atomic mass is 9.96. The molecule has 1 atom stereocenters. The van der Waals surface area contributed by atoms with Crippen LogP contribution in [0.25, 0.3) is 0 Å². The number of carbonyl (C=O) groups excluding carboxylic acids is 2. The molecule has 0 saturated heterocycles. The highest BCUT2D eigenvalue weighted by molar-refractivity contribution is 5.78. The van der Waals surface area contributed by atoms with Crippen molar-refractivity contribution in [2.24, 2.45) is 0 Å². The number of hydrogen-bond donors (Lipinski definition) is 0. The van der Waals surface area contributed by atoms with Crippen LogP contribution in [0.4, 0.5) is 0 Å². The van der Waals surface area contributed by atoms with Crippen LogP contribution < -0.4 is 0 Å². The van der Waals surface area contributed by atoms with Gasteiger partial charge in [0.2, 0.25) is 0 Å². The van der Waals surface area contributed by atoms with E-state index in [4.69, 9.17) is 4.74 Å². The number of carbonyl (C=O) groups is 1. The third-order valence-electron chi connectivity index (χ3n) is 2.21. The van der Waals surface area contributed by atoms with Crippen molar-refractivity contribution in [2.75, 3.05) is 6.61 Å². The van der Waals surface area contributed by atoms with Gasteiger partial charge >= 0.3 is 5.97 Å². The minimum atomic E-state index is -0.414. The molecular formula is C13H14O3. The Balaban J connectivity index is 2.86. The predicted octanol–water partition coefficient (Wildman–Crippen LogP) is 2.11. The second-order valence-corrected chi connectivity index (χ2v) is 3.27.